The highest BCUT2D eigenvalue weighted by Gasteiger charge is 2.38. The van der Waals surface area contributed by atoms with Crippen molar-refractivity contribution in [1.29, 1.82) is 0 Å². The van der Waals surface area contributed by atoms with Gasteiger partial charge in [-0.2, -0.15) is 0 Å². The molecule has 7 nitrogen and oxygen atoms in total. The summed E-state index contributed by atoms with van der Waals surface area (Å²) in [5.74, 6) is -0.167. The number of benzene rings is 1. The van der Waals surface area contributed by atoms with Crippen LogP contribution in [0.5, 0.6) is 0 Å². The average Bonchev–Trinajstić information content (AvgIpc) is 3.27. The van der Waals surface area contributed by atoms with Crippen molar-refractivity contribution in [3.63, 3.8) is 0 Å². The summed E-state index contributed by atoms with van der Waals surface area (Å²) in [5, 5.41) is 2.63. The van der Waals surface area contributed by atoms with Crippen molar-refractivity contribution >= 4 is 39.2 Å². The van der Waals surface area contributed by atoms with Gasteiger partial charge >= 0.3 is 6.09 Å². The maximum atomic E-state index is 13.4. The second-order valence-electron chi connectivity index (χ2n) is 7.56. The van der Waals surface area contributed by atoms with E-state index in [9.17, 15) is 9.59 Å². The lowest BCUT2D eigenvalue weighted by Crippen LogP contribution is -2.58. The van der Waals surface area contributed by atoms with Crippen LogP contribution in [0.4, 0.5) is 4.79 Å². The Balaban J connectivity index is 1.75. The maximum absolute atomic E-state index is 13.4. The van der Waals surface area contributed by atoms with Gasteiger partial charge in [0.25, 0.3) is 0 Å². The van der Waals surface area contributed by atoms with Gasteiger partial charge in [-0.15, -0.1) is 0 Å². The van der Waals surface area contributed by atoms with Crippen molar-refractivity contribution in [3.05, 3.63) is 40.5 Å². The number of amides is 2. The smallest absolute Gasteiger partial charge is 0.407 e. The van der Waals surface area contributed by atoms with E-state index in [0.717, 1.165) is 40.6 Å². The summed E-state index contributed by atoms with van der Waals surface area (Å²) in [7, 11) is 2.80. The zero-order valence-electron chi connectivity index (χ0n) is 17.6. The van der Waals surface area contributed by atoms with Crippen molar-refractivity contribution in [2.45, 2.75) is 50.8 Å². The number of rotatable bonds is 6. The molecule has 8 heteroatoms. The molecule has 0 radical (unpaired) electrons. The predicted molar refractivity (Wildman–Crippen MR) is 119 cm³/mol. The molecule has 1 N–H and O–H groups in total. The van der Waals surface area contributed by atoms with Crippen LogP contribution in [-0.4, -0.2) is 61.6 Å². The molecular weight excluding hydrogens is 450 g/mol. The Kier molecular flexibility index (Phi) is 7.66. The lowest BCUT2D eigenvalue weighted by Gasteiger charge is -2.39. The summed E-state index contributed by atoms with van der Waals surface area (Å²) in [6, 6.07) is 7.26. The molecule has 0 unspecified atom stereocenters. The first-order valence-corrected chi connectivity index (χ1v) is 10.9. The fourth-order valence-electron chi connectivity index (χ4n) is 3.91. The molecule has 2 aliphatic heterocycles. The third-order valence-corrected chi connectivity index (χ3v) is 6.24. The highest BCUT2D eigenvalue weighted by molar-refractivity contribution is 9.10. The molecule has 2 heterocycles. The standard InChI is InChI=1S/C22H28BrN3O4/c1-14(29-2)20(25-22(28)30-3)21(27)26-11-5-4-6-19(26)18-12-16(13-24-18)15-7-9-17(23)10-8-15/h7-10,13-14,19-20H,4-6,11-12H2,1-3H3,(H,25,28)/t14-,19+,20+/m1/s1. The Bertz CT molecular complexity index is 837. The minimum absolute atomic E-state index is 0.0820. The SMILES string of the molecule is COC(=O)N[C@H](C(=O)N1CCCC[C@H]1C1=NC=C(c2ccc(Br)cc2)C1)[C@@H](C)OC. The van der Waals surface area contributed by atoms with E-state index in [0.29, 0.717) is 13.0 Å². The number of alkyl carbamates (subject to hydrolysis) is 1. The van der Waals surface area contributed by atoms with Crippen LogP contribution in [0.25, 0.3) is 5.57 Å². The maximum Gasteiger partial charge on any atom is 0.407 e. The summed E-state index contributed by atoms with van der Waals surface area (Å²) in [6.45, 7) is 2.39. The first-order chi connectivity index (χ1) is 14.4. The van der Waals surface area contributed by atoms with Gasteiger partial charge < -0.3 is 19.7 Å². The molecule has 0 saturated carbocycles. The van der Waals surface area contributed by atoms with Crippen LogP contribution in [0.1, 0.15) is 38.2 Å². The molecule has 1 fully saturated rings. The second-order valence-corrected chi connectivity index (χ2v) is 8.47. The number of hydrogen-bond acceptors (Lipinski definition) is 5. The molecule has 2 aliphatic rings. The van der Waals surface area contributed by atoms with Gasteiger partial charge in [0.05, 0.1) is 19.3 Å². The lowest BCUT2D eigenvalue weighted by molar-refractivity contribution is -0.138. The number of allylic oxidation sites excluding steroid dienone is 1. The zero-order chi connectivity index (χ0) is 21.7. The molecule has 2 amide bonds. The van der Waals surface area contributed by atoms with E-state index in [-0.39, 0.29) is 11.9 Å². The van der Waals surface area contributed by atoms with Gasteiger partial charge in [0, 0.05) is 36.5 Å². The highest BCUT2D eigenvalue weighted by atomic mass is 79.9. The number of ether oxygens (including phenoxy) is 2. The number of aliphatic imine (C=N–C) groups is 1. The number of likely N-dealkylation sites (tertiary alicyclic amines) is 1. The molecule has 0 aromatic heterocycles. The van der Waals surface area contributed by atoms with Gasteiger partial charge in [0.15, 0.2) is 0 Å². The Morgan fingerprint density at radius 2 is 1.97 bits per heavy atom. The van der Waals surface area contributed by atoms with Crippen molar-refractivity contribution in [1.82, 2.24) is 10.2 Å². The number of carbonyl (C=O) groups excluding carboxylic acids is 2. The van der Waals surface area contributed by atoms with Crippen molar-refractivity contribution in [2.24, 2.45) is 4.99 Å². The Hall–Kier alpha value is -2.19. The Morgan fingerprint density at radius 3 is 2.63 bits per heavy atom. The molecule has 162 valence electrons. The van der Waals surface area contributed by atoms with E-state index >= 15 is 0 Å². The van der Waals surface area contributed by atoms with E-state index in [2.05, 4.69) is 38.4 Å². The summed E-state index contributed by atoms with van der Waals surface area (Å²) < 4.78 is 11.1. The summed E-state index contributed by atoms with van der Waals surface area (Å²) in [5.41, 5.74) is 3.26. The van der Waals surface area contributed by atoms with E-state index in [4.69, 9.17) is 9.47 Å². The molecule has 1 aromatic rings. The predicted octanol–water partition coefficient (Wildman–Crippen LogP) is 3.78. The third kappa shape index (κ3) is 5.10. The summed E-state index contributed by atoms with van der Waals surface area (Å²) >= 11 is 3.46. The molecule has 0 aliphatic carbocycles. The Labute approximate surface area is 185 Å². The quantitative estimate of drug-likeness (QED) is 0.675. The van der Waals surface area contributed by atoms with E-state index < -0.39 is 18.2 Å². The number of nitrogens with zero attached hydrogens (tertiary/aromatic N) is 2. The van der Waals surface area contributed by atoms with Gasteiger partial charge in [0.1, 0.15) is 6.04 Å². The van der Waals surface area contributed by atoms with Crippen LogP contribution in [-0.2, 0) is 14.3 Å². The van der Waals surface area contributed by atoms with Gasteiger partial charge in [0.2, 0.25) is 5.91 Å². The Morgan fingerprint density at radius 1 is 1.23 bits per heavy atom. The van der Waals surface area contributed by atoms with Gasteiger partial charge in [-0.25, -0.2) is 4.79 Å². The molecule has 1 aromatic carbocycles. The van der Waals surface area contributed by atoms with E-state index in [1.165, 1.54) is 14.2 Å². The third-order valence-electron chi connectivity index (χ3n) is 5.71. The largest absolute Gasteiger partial charge is 0.453 e. The normalized spacial score (nSPS) is 20.8. The molecule has 0 spiro atoms. The summed E-state index contributed by atoms with van der Waals surface area (Å²) in [4.78, 5) is 31.7. The van der Waals surface area contributed by atoms with Crippen LogP contribution >= 0.6 is 15.9 Å². The number of methoxy groups -OCH3 is 2. The van der Waals surface area contributed by atoms with Crippen LogP contribution in [0.2, 0.25) is 0 Å². The van der Waals surface area contributed by atoms with Crippen LogP contribution in [0, 0.1) is 0 Å². The van der Waals surface area contributed by atoms with Gasteiger partial charge in [-0.1, -0.05) is 28.1 Å². The van der Waals surface area contributed by atoms with Crippen LogP contribution < -0.4 is 5.32 Å². The topological polar surface area (TPSA) is 80.2 Å². The van der Waals surface area contributed by atoms with Gasteiger partial charge in [-0.3, -0.25) is 9.79 Å². The molecule has 3 rings (SSSR count). The summed E-state index contributed by atoms with van der Waals surface area (Å²) in [6.07, 6.45) is 4.30. The van der Waals surface area contributed by atoms with Crippen LogP contribution in [0.3, 0.4) is 0 Å². The molecular formula is C22H28BrN3O4. The minimum atomic E-state index is -0.816. The number of carbonyl (C=O) groups is 2. The number of piperidine rings is 1. The monoisotopic (exact) mass is 477 g/mol. The molecule has 0 bridgehead atoms. The van der Waals surface area contributed by atoms with Gasteiger partial charge in [-0.05, 0) is 49.5 Å². The minimum Gasteiger partial charge on any atom is -0.453 e. The van der Waals surface area contributed by atoms with Crippen molar-refractivity contribution in [2.75, 3.05) is 20.8 Å². The fourth-order valence-corrected chi connectivity index (χ4v) is 4.18. The average molecular weight is 478 g/mol. The first kappa shape index (κ1) is 22.5. The molecule has 1 saturated heterocycles. The zero-order valence-corrected chi connectivity index (χ0v) is 19.1. The number of hydrogen-bond donors (Lipinski definition) is 1. The van der Waals surface area contributed by atoms with Crippen LogP contribution in [0.15, 0.2) is 39.9 Å². The highest BCUT2D eigenvalue weighted by Crippen LogP contribution is 2.30. The number of nitrogens with one attached hydrogen (secondary N) is 1. The molecule has 30 heavy (non-hydrogen) atoms. The fraction of sp³-hybridized carbons (Fsp3) is 0.500. The second kappa shape index (κ2) is 10.2. The van der Waals surface area contributed by atoms with E-state index in [1.54, 1.807) is 6.92 Å². The van der Waals surface area contributed by atoms with E-state index in [1.807, 2.05) is 23.2 Å². The van der Waals surface area contributed by atoms with Crippen molar-refractivity contribution in [3.8, 4) is 0 Å². The van der Waals surface area contributed by atoms with Crippen molar-refractivity contribution < 1.29 is 19.1 Å². The number of halogens is 1. The first-order valence-electron chi connectivity index (χ1n) is 10.1. The lowest BCUT2D eigenvalue weighted by atomic mass is 9.92. The molecule has 3 atom stereocenters.